The van der Waals surface area contributed by atoms with E-state index in [0.29, 0.717) is 19.4 Å². The first kappa shape index (κ1) is 40.0. The van der Waals surface area contributed by atoms with Gasteiger partial charge in [0.2, 0.25) is 5.79 Å². The van der Waals surface area contributed by atoms with Gasteiger partial charge in [-0.1, -0.05) is 50.3 Å². The lowest BCUT2D eigenvalue weighted by Gasteiger charge is -2.51. The second-order valence-corrected chi connectivity index (χ2v) is 15.0. The highest BCUT2D eigenvalue weighted by atomic mass is 16.7. The van der Waals surface area contributed by atoms with Crippen LogP contribution in [0.5, 0.6) is 0 Å². The number of carbonyl (C=O) groups excluding carboxylic acids is 3. The molecule has 6 bridgehead atoms. The number of rotatable bonds is 5. The molecule has 0 spiro atoms. The van der Waals surface area contributed by atoms with Crippen molar-refractivity contribution in [2.75, 3.05) is 6.61 Å². The average Bonchev–Trinajstić information content (AvgIpc) is 3.08. The minimum Gasteiger partial charge on any atom is -0.459 e. The fourth-order valence-corrected chi connectivity index (χ4v) is 7.32. The Hall–Kier alpha value is -3.17. The molecule has 3 saturated heterocycles. The molecule has 52 heavy (non-hydrogen) atoms. The van der Waals surface area contributed by atoms with Gasteiger partial charge in [-0.2, -0.15) is 0 Å². The fraction of sp³-hybridized carbons (Fsp3) is 0.667. The molecule has 1 aromatic carbocycles. The molecule has 0 amide bonds. The summed E-state index contributed by atoms with van der Waals surface area (Å²) in [4.78, 5) is 38.9. The zero-order chi connectivity index (χ0) is 37.5. The van der Waals surface area contributed by atoms with Gasteiger partial charge in [-0.05, 0) is 62.7 Å². The van der Waals surface area contributed by atoms with E-state index in [4.69, 9.17) is 33.2 Å². The van der Waals surface area contributed by atoms with E-state index in [1.54, 1.807) is 26.0 Å². The van der Waals surface area contributed by atoms with Crippen molar-refractivity contribution in [3.63, 3.8) is 0 Å². The third kappa shape index (κ3) is 10.7. The number of aliphatic hydroxyl groups excluding tert-OH is 2. The molecule has 1 aromatic rings. The van der Waals surface area contributed by atoms with Crippen molar-refractivity contribution in [1.29, 1.82) is 0 Å². The Kier molecular flexibility index (Phi) is 13.7. The van der Waals surface area contributed by atoms with Crippen LogP contribution in [0, 0.1) is 5.41 Å². The molecular weight excluding hydrogens is 676 g/mol. The fourth-order valence-electron chi connectivity index (χ4n) is 7.32. The summed E-state index contributed by atoms with van der Waals surface area (Å²) >= 11 is 0. The number of cyclic esters (lactones) is 1. The molecule has 13 heteroatoms. The topological polar surface area (TPSA) is 177 Å². The SMILES string of the molecule is CC(=O)O[C@H]1/C(=C/C(=O)OCc2ccccc2)CC2CC(C(C)O)OC(=O)CC(O)C[C@@H]3CCC[C@H](C[C@@H]4CCO[C@H](/C=C/C(C)(C)[C@]1(O)O2)O4)O3. The van der Waals surface area contributed by atoms with Gasteiger partial charge in [0.05, 0.1) is 49.7 Å². The van der Waals surface area contributed by atoms with Crippen LogP contribution in [-0.2, 0) is 54.1 Å². The summed E-state index contributed by atoms with van der Waals surface area (Å²) < 4.78 is 41.8. The van der Waals surface area contributed by atoms with Crippen LogP contribution >= 0.6 is 0 Å². The molecule has 13 nitrogen and oxygen atoms in total. The second kappa shape index (κ2) is 17.8. The minimum absolute atomic E-state index is 0.0119. The number of benzene rings is 1. The van der Waals surface area contributed by atoms with Crippen molar-refractivity contribution in [2.24, 2.45) is 5.41 Å². The standard InChI is InChI=1S/C39H54O13/c1-24(40)33-22-32-17-27(18-34(43)47-23-26-9-6-5-7-10-26)37(48-25(2)41)39(45,52-32)38(3,4)15-13-36-46-16-14-31(50-36)21-30-12-8-11-29(49-30)19-28(42)20-35(44)51-33/h5-7,9-10,13,15,18,24,28-33,36-37,40,42,45H,8,11-12,14,16-17,19-23H2,1-4H3/b15-13+,27-18+/t24?,28?,29-,30+,31-,32?,33?,36-,37-,39+/m0/s1. The van der Waals surface area contributed by atoms with Crippen molar-refractivity contribution >= 4 is 17.9 Å². The smallest absolute Gasteiger partial charge is 0.331 e. The van der Waals surface area contributed by atoms with Gasteiger partial charge >= 0.3 is 17.9 Å². The van der Waals surface area contributed by atoms with Crippen LogP contribution in [0.1, 0.15) is 91.0 Å². The van der Waals surface area contributed by atoms with Gasteiger partial charge in [-0.25, -0.2) is 4.79 Å². The van der Waals surface area contributed by atoms with Crippen LogP contribution in [-0.4, -0.2) is 101 Å². The van der Waals surface area contributed by atoms with Crippen LogP contribution in [0.2, 0.25) is 0 Å². The molecule has 288 valence electrons. The number of carbonyl (C=O) groups is 3. The Morgan fingerprint density at radius 3 is 2.42 bits per heavy atom. The molecule has 0 aliphatic carbocycles. The Balaban J connectivity index is 1.49. The molecule has 4 aliphatic heterocycles. The summed E-state index contributed by atoms with van der Waals surface area (Å²) in [6, 6.07) is 9.11. The third-order valence-electron chi connectivity index (χ3n) is 10.2. The number of fused-ring (bicyclic) bond motifs is 6. The summed E-state index contributed by atoms with van der Waals surface area (Å²) in [5.41, 5.74) is -0.347. The molecule has 3 N–H and O–H groups in total. The van der Waals surface area contributed by atoms with Crippen molar-refractivity contribution in [3.8, 4) is 0 Å². The zero-order valence-electron chi connectivity index (χ0n) is 30.5. The van der Waals surface area contributed by atoms with E-state index >= 15 is 0 Å². The quantitative estimate of drug-likeness (QED) is 0.172. The van der Waals surface area contributed by atoms with Crippen molar-refractivity contribution in [3.05, 3.63) is 59.7 Å². The zero-order valence-corrected chi connectivity index (χ0v) is 30.5. The van der Waals surface area contributed by atoms with E-state index in [0.717, 1.165) is 24.8 Å². The lowest BCUT2D eigenvalue weighted by atomic mass is 9.74. The van der Waals surface area contributed by atoms with Crippen molar-refractivity contribution < 1.29 is 62.9 Å². The summed E-state index contributed by atoms with van der Waals surface area (Å²) in [7, 11) is 0. The van der Waals surface area contributed by atoms with Crippen LogP contribution in [0.25, 0.3) is 0 Å². The van der Waals surface area contributed by atoms with E-state index in [2.05, 4.69) is 0 Å². The van der Waals surface area contributed by atoms with E-state index in [-0.39, 0.29) is 56.2 Å². The van der Waals surface area contributed by atoms with Gasteiger partial charge in [-0.15, -0.1) is 0 Å². The van der Waals surface area contributed by atoms with Crippen molar-refractivity contribution in [1.82, 2.24) is 0 Å². The van der Waals surface area contributed by atoms with Gasteiger partial charge in [0.25, 0.3) is 0 Å². The number of ether oxygens (including phenoxy) is 7. The van der Waals surface area contributed by atoms with Gasteiger partial charge in [0.15, 0.2) is 12.4 Å². The van der Waals surface area contributed by atoms with Crippen LogP contribution in [0.15, 0.2) is 54.1 Å². The molecule has 0 radical (unpaired) electrons. The average molecular weight is 731 g/mol. The molecule has 4 heterocycles. The molecule has 4 aliphatic rings. The lowest BCUT2D eigenvalue weighted by Crippen LogP contribution is -2.62. The molecular formula is C39H54O13. The predicted molar refractivity (Wildman–Crippen MR) is 185 cm³/mol. The normalized spacial score (nSPS) is 36.4. The van der Waals surface area contributed by atoms with Crippen molar-refractivity contribution in [2.45, 2.75) is 153 Å². The van der Waals surface area contributed by atoms with Crippen LogP contribution < -0.4 is 0 Å². The van der Waals surface area contributed by atoms with Crippen LogP contribution in [0.3, 0.4) is 0 Å². The Morgan fingerprint density at radius 2 is 1.71 bits per heavy atom. The molecule has 5 rings (SSSR count). The number of hydrogen-bond donors (Lipinski definition) is 3. The number of aliphatic hydroxyl groups is 3. The monoisotopic (exact) mass is 730 g/mol. The maximum Gasteiger partial charge on any atom is 0.331 e. The van der Waals surface area contributed by atoms with E-state index in [1.165, 1.54) is 19.9 Å². The highest BCUT2D eigenvalue weighted by Crippen LogP contribution is 2.47. The van der Waals surface area contributed by atoms with Crippen LogP contribution in [0.4, 0.5) is 0 Å². The Morgan fingerprint density at radius 1 is 1.00 bits per heavy atom. The van der Waals surface area contributed by atoms with Gasteiger partial charge in [-0.3, -0.25) is 9.59 Å². The first-order valence-corrected chi connectivity index (χ1v) is 18.4. The van der Waals surface area contributed by atoms with E-state index in [9.17, 15) is 29.7 Å². The highest BCUT2D eigenvalue weighted by molar-refractivity contribution is 5.83. The van der Waals surface area contributed by atoms with E-state index < -0.39 is 65.9 Å². The first-order chi connectivity index (χ1) is 24.7. The molecule has 4 unspecified atom stereocenters. The lowest BCUT2D eigenvalue weighted by molar-refractivity contribution is -0.327. The maximum atomic E-state index is 13.2. The first-order valence-electron chi connectivity index (χ1n) is 18.4. The van der Waals surface area contributed by atoms with Gasteiger partial charge in [0.1, 0.15) is 12.7 Å². The highest BCUT2D eigenvalue weighted by Gasteiger charge is 2.57. The Bertz CT molecular complexity index is 1420. The third-order valence-corrected chi connectivity index (χ3v) is 10.2. The second-order valence-electron chi connectivity index (χ2n) is 15.0. The summed E-state index contributed by atoms with van der Waals surface area (Å²) in [6.45, 7) is 6.44. The maximum absolute atomic E-state index is 13.2. The largest absolute Gasteiger partial charge is 0.459 e. The summed E-state index contributed by atoms with van der Waals surface area (Å²) in [5.74, 6) is -4.45. The molecule has 3 fully saturated rings. The number of esters is 3. The molecule has 10 atom stereocenters. The van der Waals surface area contributed by atoms with Gasteiger partial charge < -0.3 is 48.5 Å². The summed E-state index contributed by atoms with van der Waals surface area (Å²) in [6.07, 6.45) is 1.24. The number of hydrogen-bond acceptors (Lipinski definition) is 13. The van der Waals surface area contributed by atoms with Gasteiger partial charge in [0, 0.05) is 31.3 Å². The Labute approximate surface area is 305 Å². The predicted octanol–water partition coefficient (Wildman–Crippen LogP) is 3.94. The summed E-state index contributed by atoms with van der Waals surface area (Å²) in [5, 5.41) is 34.2. The molecule has 0 aromatic heterocycles. The minimum atomic E-state index is -2.28. The molecule has 0 saturated carbocycles. The van der Waals surface area contributed by atoms with E-state index in [1.807, 2.05) is 30.3 Å².